The van der Waals surface area contributed by atoms with Crippen LogP contribution in [-0.4, -0.2) is 34.7 Å². The Morgan fingerprint density at radius 2 is 2.14 bits per heavy atom. The van der Waals surface area contributed by atoms with Crippen LogP contribution in [-0.2, 0) is 0 Å². The Hall–Kier alpha value is -2.15. The first-order valence-electron chi connectivity index (χ1n) is 6.73. The number of benzene rings is 1. The number of ether oxygens (including phenoxy) is 1. The highest BCUT2D eigenvalue weighted by Gasteiger charge is 2.25. The molecule has 0 radical (unpaired) electrons. The van der Waals surface area contributed by atoms with Crippen LogP contribution in [0.5, 0.6) is 5.75 Å². The summed E-state index contributed by atoms with van der Waals surface area (Å²) in [7, 11) is 0. The molecule has 21 heavy (non-hydrogen) atoms. The van der Waals surface area contributed by atoms with E-state index in [9.17, 15) is 20.0 Å². The highest BCUT2D eigenvalue weighted by atomic mass is 16.6. The minimum atomic E-state index is -1.03. The summed E-state index contributed by atoms with van der Waals surface area (Å²) < 4.78 is 5.24. The third-order valence-corrected chi connectivity index (χ3v) is 3.12. The second-order valence-electron chi connectivity index (χ2n) is 4.88. The highest BCUT2D eigenvalue weighted by Crippen LogP contribution is 2.30. The molecule has 0 heterocycles. The van der Waals surface area contributed by atoms with E-state index in [4.69, 9.17) is 4.74 Å². The number of nitrogens with one attached hydrogen (secondary N) is 1. The molecule has 1 atom stereocenters. The van der Waals surface area contributed by atoms with E-state index in [2.05, 4.69) is 5.32 Å². The molecule has 1 rings (SSSR count). The van der Waals surface area contributed by atoms with Gasteiger partial charge in [0, 0.05) is 12.6 Å². The van der Waals surface area contributed by atoms with Crippen LogP contribution in [0.3, 0.4) is 0 Å². The van der Waals surface area contributed by atoms with E-state index in [1.54, 1.807) is 20.8 Å². The maximum Gasteiger partial charge on any atom is 0.311 e. The summed E-state index contributed by atoms with van der Waals surface area (Å²) in [6, 6.07) is 4.16. The van der Waals surface area contributed by atoms with Crippen molar-refractivity contribution in [2.45, 2.75) is 32.8 Å². The van der Waals surface area contributed by atoms with Gasteiger partial charge in [0.15, 0.2) is 0 Å². The van der Waals surface area contributed by atoms with Gasteiger partial charge in [-0.1, -0.05) is 13.0 Å². The molecule has 2 N–H and O–H groups in total. The van der Waals surface area contributed by atoms with Gasteiger partial charge in [0.1, 0.15) is 0 Å². The van der Waals surface area contributed by atoms with Gasteiger partial charge in [0.25, 0.3) is 5.91 Å². The third-order valence-electron chi connectivity index (χ3n) is 3.12. The van der Waals surface area contributed by atoms with Gasteiger partial charge in [0.05, 0.1) is 22.7 Å². The first kappa shape index (κ1) is 16.9. The van der Waals surface area contributed by atoms with Crippen LogP contribution < -0.4 is 10.1 Å². The third kappa shape index (κ3) is 4.42. The Bertz CT molecular complexity index is 528. The zero-order valence-corrected chi connectivity index (χ0v) is 12.4. The molecule has 1 aromatic carbocycles. The molecule has 1 amide bonds. The second-order valence-corrected chi connectivity index (χ2v) is 4.88. The Kier molecular flexibility index (Phi) is 5.66. The van der Waals surface area contributed by atoms with Crippen LogP contribution in [0, 0.1) is 10.1 Å². The molecule has 0 aliphatic heterocycles. The number of amides is 1. The molecule has 0 saturated carbocycles. The molecule has 7 nitrogen and oxygen atoms in total. The predicted octanol–water partition coefficient (Wildman–Crippen LogP) is 1.88. The summed E-state index contributed by atoms with van der Waals surface area (Å²) in [5, 5.41) is 23.4. The largest absolute Gasteiger partial charge is 0.487 e. The molecule has 0 fully saturated rings. The molecule has 0 aromatic heterocycles. The van der Waals surface area contributed by atoms with Gasteiger partial charge >= 0.3 is 5.69 Å². The average Bonchev–Trinajstić information content (AvgIpc) is 2.45. The maximum atomic E-state index is 12.2. The number of hydrogen-bond donors (Lipinski definition) is 2. The summed E-state index contributed by atoms with van der Waals surface area (Å²) >= 11 is 0. The van der Waals surface area contributed by atoms with Gasteiger partial charge in [-0.15, -0.1) is 0 Å². The van der Waals surface area contributed by atoms with Crippen LogP contribution in [0.2, 0.25) is 0 Å². The molecule has 0 saturated heterocycles. The van der Waals surface area contributed by atoms with Crippen molar-refractivity contribution in [3.63, 3.8) is 0 Å². The first-order chi connectivity index (χ1) is 9.82. The fraction of sp³-hybridized carbons (Fsp3) is 0.500. The quantitative estimate of drug-likeness (QED) is 0.591. The van der Waals surface area contributed by atoms with Crippen LogP contribution >= 0.6 is 0 Å². The lowest BCUT2D eigenvalue weighted by Crippen LogP contribution is -2.40. The van der Waals surface area contributed by atoms with Crippen LogP contribution in [0.15, 0.2) is 18.2 Å². The second kappa shape index (κ2) is 7.03. The van der Waals surface area contributed by atoms with Gasteiger partial charge in [-0.3, -0.25) is 14.9 Å². The summed E-state index contributed by atoms with van der Waals surface area (Å²) in [6.45, 7) is 5.34. The fourth-order valence-electron chi connectivity index (χ4n) is 1.63. The summed E-state index contributed by atoms with van der Waals surface area (Å²) in [5.41, 5.74) is -1.20. The molecule has 0 spiro atoms. The Morgan fingerprint density at radius 1 is 1.48 bits per heavy atom. The molecular weight excluding hydrogens is 276 g/mol. The number of nitrogens with zero attached hydrogens (tertiary/aromatic N) is 1. The van der Waals surface area contributed by atoms with Gasteiger partial charge < -0.3 is 15.2 Å². The standard InChI is InChI=1S/C14H20N2O5/c1-4-14(3,18)9-15-13(17)10-7-6-8-11(16(19)20)12(10)21-5-2/h6-8,18H,4-5,9H2,1-3H3,(H,15,17). The fourth-order valence-corrected chi connectivity index (χ4v) is 1.63. The van der Waals surface area contributed by atoms with Crippen LogP contribution in [0.1, 0.15) is 37.6 Å². The Balaban J connectivity index is 3.03. The number of hydrogen-bond acceptors (Lipinski definition) is 5. The van der Waals surface area contributed by atoms with E-state index in [-0.39, 0.29) is 30.2 Å². The summed E-state index contributed by atoms with van der Waals surface area (Å²) in [6.07, 6.45) is 0.473. The monoisotopic (exact) mass is 296 g/mol. The van der Waals surface area contributed by atoms with Crippen molar-refractivity contribution >= 4 is 11.6 Å². The number of aliphatic hydroxyl groups is 1. The topological polar surface area (TPSA) is 102 Å². The Labute approximate surface area is 123 Å². The molecule has 7 heteroatoms. The number of carbonyl (C=O) groups is 1. The van der Waals surface area contributed by atoms with E-state index in [1.165, 1.54) is 18.2 Å². The summed E-state index contributed by atoms with van der Waals surface area (Å²) in [5.74, 6) is -0.575. The summed E-state index contributed by atoms with van der Waals surface area (Å²) in [4.78, 5) is 22.5. The van der Waals surface area contributed by atoms with Crippen molar-refractivity contribution in [1.82, 2.24) is 5.32 Å². The van der Waals surface area contributed by atoms with Crippen molar-refractivity contribution < 1.29 is 19.6 Å². The number of rotatable bonds is 7. The molecule has 0 aliphatic rings. The van der Waals surface area contributed by atoms with Gasteiger partial charge in [-0.2, -0.15) is 0 Å². The Morgan fingerprint density at radius 3 is 2.67 bits per heavy atom. The van der Waals surface area contributed by atoms with Crippen molar-refractivity contribution in [3.05, 3.63) is 33.9 Å². The normalized spacial score (nSPS) is 13.3. The minimum absolute atomic E-state index is 0.0522. The first-order valence-corrected chi connectivity index (χ1v) is 6.73. The molecule has 1 unspecified atom stereocenters. The molecule has 0 bridgehead atoms. The molecular formula is C14H20N2O5. The molecule has 0 aliphatic carbocycles. The molecule has 1 aromatic rings. The van der Waals surface area contributed by atoms with Crippen molar-refractivity contribution in [3.8, 4) is 5.75 Å². The van der Waals surface area contributed by atoms with Crippen molar-refractivity contribution in [2.24, 2.45) is 0 Å². The van der Waals surface area contributed by atoms with E-state index in [0.717, 1.165) is 0 Å². The maximum absolute atomic E-state index is 12.2. The zero-order chi connectivity index (χ0) is 16.0. The average molecular weight is 296 g/mol. The van der Waals surface area contributed by atoms with Gasteiger partial charge in [0.2, 0.25) is 5.75 Å². The van der Waals surface area contributed by atoms with Crippen molar-refractivity contribution in [1.29, 1.82) is 0 Å². The van der Waals surface area contributed by atoms with Crippen LogP contribution in [0.4, 0.5) is 5.69 Å². The number of carbonyl (C=O) groups excluding carboxylic acids is 1. The van der Waals surface area contributed by atoms with Crippen LogP contribution in [0.25, 0.3) is 0 Å². The zero-order valence-electron chi connectivity index (χ0n) is 12.4. The van der Waals surface area contributed by atoms with Gasteiger partial charge in [-0.25, -0.2) is 0 Å². The number of para-hydroxylation sites is 1. The van der Waals surface area contributed by atoms with E-state index >= 15 is 0 Å². The van der Waals surface area contributed by atoms with E-state index < -0.39 is 16.4 Å². The lowest BCUT2D eigenvalue weighted by Gasteiger charge is -2.21. The lowest BCUT2D eigenvalue weighted by molar-refractivity contribution is -0.385. The smallest absolute Gasteiger partial charge is 0.311 e. The number of nitro groups is 1. The predicted molar refractivity (Wildman–Crippen MR) is 77.5 cm³/mol. The lowest BCUT2D eigenvalue weighted by atomic mass is 10.0. The SMILES string of the molecule is CCOc1c(C(=O)NCC(C)(O)CC)cccc1[N+](=O)[O-]. The van der Waals surface area contributed by atoms with Gasteiger partial charge in [-0.05, 0) is 26.3 Å². The highest BCUT2D eigenvalue weighted by molar-refractivity contribution is 5.98. The molecule has 116 valence electrons. The van der Waals surface area contributed by atoms with E-state index in [0.29, 0.717) is 6.42 Å². The van der Waals surface area contributed by atoms with Crippen molar-refractivity contribution in [2.75, 3.05) is 13.2 Å². The minimum Gasteiger partial charge on any atom is -0.487 e. The number of nitro benzene ring substituents is 1. The van der Waals surface area contributed by atoms with E-state index in [1.807, 2.05) is 0 Å².